The molecule has 1 saturated heterocycles. The molecule has 0 atom stereocenters. The highest BCUT2D eigenvalue weighted by Gasteiger charge is 2.36. The third-order valence-corrected chi connectivity index (χ3v) is 7.21. The van der Waals surface area contributed by atoms with Gasteiger partial charge in [0.25, 0.3) is 11.5 Å². The van der Waals surface area contributed by atoms with Crippen LogP contribution in [0.25, 0.3) is 15.9 Å². The maximum Gasteiger partial charge on any atom is 0.407 e. The molecule has 0 radical (unpaired) electrons. The number of pyridine rings is 1. The Kier molecular flexibility index (Phi) is 6.85. The number of benzene rings is 2. The number of nitrogens with zero attached hydrogens (tertiary/aromatic N) is 2. The van der Waals surface area contributed by atoms with E-state index >= 15 is 0 Å². The van der Waals surface area contributed by atoms with E-state index in [1.165, 1.54) is 16.7 Å². The number of likely N-dealkylation sites (tertiary alicyclic amines) is 1. The summed E-state index contributed by atoms with van der Waals surface area (Å²) in [6.45, 7) is 5.79. The van der Waals surface area contributed by atoms with E-state index in [2.05, 4.69) is 10.6 Å². The Hall–Kier alpha value is -4.25. The van der Waals surface area contributed by atoms with E-state index in [9.17, 15) is 23.2 Å². The van der Waals surface area contributed by atoms with E-state index < -0.39 is 23.3 Å². The number of hydrogen-bond donors (Lipinski definition) is 2. The predicted octanol–water partition coefficient (Wildman–Crippen LogP) is 5.42. The van der Waals surface area contributed by atoms with Crippen molar-refractivity contribution < 1.29 is 23.1 Å². The van der Waals surface area contributed by atoms with Crippen LogP contribution in [0.2, 0.25) is 0 Å². The first-order valence-electron chi connectivity index (χ1n) is 12.2. The fourth-order valence-electron chi connectivity index (χ4n) is 4.26. The highest BCUT2D eigenvalue weighted by molar-refractivity contribution is 7.21. The number of amides is 2. The molecule has 0 unspecified atom stereocenters. The number of thiophene rings is 1. The summed E-state index contributed by atoms with van der Waals surface area (Å²) in [5.74, 6) is -1.91. The fourth-order valence-corrected chi connectivity index (χ4v) is 5.50. The number of rotatable bonds is 5. The van der Waals surface area contributed by atoms with Gasteiger partial charge in [-0.25, -0.2) is 13.6 Å². The van der Waals surface area contributed by atoms with Crippen molar-refractivity contribution in [1.29, 1.82) is 0 Å². The average molecular weight is 553 g/mol. The molecule has 0 bridgehead atoms. The Bertz CT molecular complexity index is 1620. The van der Waals surface area contributed by atoms with Crippen LogP contribution >= 0.6 is 11.3 Å². The monoisotopic (exact) mass is 552 g/mol. The molecular formula is C28H26F2N4O4S. The minimum Gasteiger partial charge on any atom is -0.444 e. The summed E-state index contributed by atoms with van der Waals surface area (Å²) in [5, 5.41) is 6.23. The number of anilines is 2. The lowest BCUT2D eigenvalue weighted by Gasteiger charge is -2.39. The molecule has 2 aromatic heterocycles. The fraction of sp³-hybridized carbons (Fsp3) is 0.250. The standard InChI is InChI=1S/C28H26F2N4O4S/c1-28(2,3)38-27(37)31-17-14-33(15-17)25(36)24-23(32-21-11-9-16(29)13-20(21)30)19-10-12-22(35)34(26(19)39-24)18-7-5-4-6-8-18/h4-13,17,32H,14-15H2,1-3H3,(H,31,37). The van der Waals surface area contributed by atoms with Crippen LogP contribution in [0.3, 0.4) is 0 Å². The summed E-state index contributed by atoms with van der Waals surface area (Å²) in [5.41, 5.74) is -0.0440. The number of para-hydroxylation sites is 1. The second-order valence-corrected chi connectivity index (χ2v) is 11.2. The van der Waals surface area contributed by atoms with Gasteiger partial charge in [-0.05, 0) is 51.1 Å². The summed E-state index contributed by atoms with van der Waals surface area (Å²) < 4.78 is 34.9. The van der Waals surface area contributed by atoms with Crippen molar-refractivity contribution in [3.8, 4) is 5.69 Å². The summed E-state index contributed by atoms with van der Waals surface area (Å²) in [4.78, 5) is 41.0. The van der Waals surface area contributed by atoms with Crippen molar-refractivity contribution >= 4 is 44.9 Å². The van der Waals surface area contributed by atoms with Crippen molar-refractivity contribution in [1.82, 2.24) is 14.8 Å². The average Bonchev–Trinajstić information content (AvgIpc) is 3.20. The molecule has 0 saturated carbocycles. The Morgan fingerprint density at radius 1 is 1.03 bits per heavy atom. The maximum absolute atomic E-state index is 14.6. The molecule has 1 fully saturated rings. The van der Waals surface area contributed by atoms with Crippen molar-refractivity contribution in [2.24, 2.45) is 0 Å². The molecule has 1 aliphatic heterocycles. The first kappa shape index (κ1) is 26.4. The van der Waals surface area contributed by atoms with Gasteiger partial charge in [0, 0.05) is 30.6 Å². The number of alkyl carbamates (subject to hydrolysis) is 1. The van der Waals surface area contributed by atoms with E-state index in [0.717, 1.165) is 23.5 Å². The predicted molar refractivity (Wildman–Crippen MR) is 146 cm³/mol. The van der Waals surface area contributed by atoms with E-state index in [1.807, 2.05) is 6.07 Å². The highest BCUT2D eigenvalue weighted by Crippen LogP contribution is 2.39. The van der Waals surface area contributed by atoms with Gasteiger partial charge in [0.05, 0.1) is 23.1 Å². The SMILES string of the molecule is CC(C)(C)OC(=O)NC1CN(C(=O)c2sc3c(ccc(=O)n3-c3ccccc3)c2Nc2ccc(F)cc2F)C1. The lowest BCUT2D eigenvalue weighted by atomic mass is 10.1. The molecule has 2 amide bonds. The lowest BCUT2D eigenvalue weighted by Crippen LogP contribution is -2.61. The zero-order chi connectivity index (χ0) is 27.9. The Morgan fingerprint density at radius 3 is 2.41 bits per heavy atom. The summed E-state index contributed by atoms with van der Waals surface area (Å²) in [6, 6.07) is 14.8. The van der Waals surface area contributed by atoms with Gasteiger partial charge in [0.1, 0.15) is 26.9 Å². The number of ether oxygens (including phenoxy) is 1. The number of fused-ring (bicyclic) bond motifs is 1. The van der Waals surface area contributed by atoms with Crippen molar-refractivity contribution in [2.45, 2.75) is 32.4 Å². The lowest BCUT2D eigenvalue weighted by molar-refractivity contribution is 0.0361. The number of hydrogen-bond acceptors (Lipinski definition) is 6. The van der Waals surface area contributed by atoms with Gasteiger partial charge in [-0.1, -0.05) is 18.2 Å². The van der Waals surface area contributed by atoms with Crippen LogP contribution < -0.4 is 16.2 Å². The molecule has 1 aliphatic rings. The van der Waals surface area contributed by atoms with Crippen LogP contribution in [-0.4, -0.2) is 46.2 Å². The molecule has 3 heterocycles. The van der Waals surface area contributed by atoms with Crippen LogP contribution in [0, 0.1) is 11.6 Å². The summed E-state index contributed by atoms with van der Waals surface area (Å²) in [6.07, 6.45) is -0.567. The van der Waals surface area contributed by atoms with Crippen LogP contribution in [0.4, 0.5) is 25.0 Å². The van der Waals surface area contributed by atoms with Gasteiger partial charge in [-0.2, -0.15) is 0 Å². The van der Waals surface area contributed by atoms with Crippen molar-refractivity contribution in [2.75, 3.05) is 18.4 Å². The van der Waals surface area contributed by atoms with E-state index in [-0.39, 0.29) is 41.2 Å². The van der Waals surface area contributed by atoms with Crippen LogP contribution in [-0.2, 0) is 4.74 Å². The number of carbonyl (C=O) groups is 2. The minimum atomic E-state index is -0.824. The number of carbonyl (C=O) groups excluding carboxylic acids is 2. The normalized spacial score (nSPS) is 13.7. The first-order chi connectivity index (χ1) is 18.5. The zero-order valence-corrected chi connectivity index (χ0v) is 22.3. The Balaban J connectivity index is 1.51. The van der Waals surface area contributed by atoms with Crippen LogP contribution in [0.15, 0.2) is 65.5 Å². The zero-order valence-electron chi connectivity index (χ0n) is 21.5. The van der Waals surface area contributed by atoms with Gasteiger partial charge >= 0.3 is 6.09 Å². The Labute approximate surface area is 226 Å². The maximum atomic E-state index is 14.6. The van der Waals surface area contributed by atoms with Crippen LogP contribution in [0.5, 0.6) is 0 Å². The topological polar surface area (TPSA) is 92.7 Å². The second kappa shape index (κ2) is 10.1. The van der Waals surface area contributed by atoms with Gasteiger partial charge in [0.15, 0.2) is 0 Å². The largest absolute Gasteiger partial charge is 0.444 e. The second-order valence-electron chi connectivity index (χ2n) is 10.2. The third-order valence-electron chi connectivity index (χ3n) is 6.03. The molecule has 39 heavy (non-hydrogen) atoms. The van der Waals surface area contributed by atoms with Crippen molar-refractivity contribution in [3.63, 3.8) is 0 Å². The summed E-state index contributed by atoms with van der Waals surface area (Å²) >= 11 is 1.10. The first-order valence-corrected chi connectivity index (χ1v) is 13.1. The molecule has 8 nitrogen and oxygen atoms in total. The molecule has 0 spiro atoms. The summed E-state index contributed by atoms with van der Waals surface area (Å²) in [7, 11) is 0. The quantitative estimate of drug-likeness (QED) is 0.345. The molecule has 202 valence electrons. The molecule has 0 aliphatic carbocycles. The van der Waals surface area contributed by atoms with E-state index in [0.29, 0.717) is 21.6 Å². The third kappa shape index (κ3) is 5.49. The van der Waals surface area contributed by atoms with Crippen LogP contribution in [0.1, 0.15) is 30.4 Å². The smallest absolute Gasteiger partial charge is 0.407 e. The van der Waals surface area contributed by atoms with Crippen molar-refractivity contribution in [3.05, 3.63) is 87.5 Å². The van der Waals surface area contributed by atoms with E-state index in [4.69, 9.17) is 4.74 Å². The number of halogens is 2. The van der Waals surface area contributed by atoms with Gasteiger partial charge < -0.3 is 20.3 Å². The number of nitrogens with one attached hydrogen (secondary N) is 2. The van der Waals surface area contributed by atoms with Gasteiger partial charge in [0.2, 0.25) is 0 Å². The molecular weight excluding hydrogens is 526 g/mol. The molecule has 11 heteroatoms. The molecule has 2 aromatic carbocycles. The van der Waals surface area contributed by atoms with Gasteiger partial charge in [-0.3, -0.25) is 14.2 Å². The van der Waals surface area contributed by atoms with Gasteiger partial charge in [-0.15, -0.1) is 11.3 Å². The molecule has 2 N–H and O–H groups in total. The number of aromatic nitrogens is 1. The molecule has 5 rings (SSSR count). The highest BCUT2D eigenvalue weighted by atomic mass is 32.1. The Morgan fingerprint density at radius 2 is 1.74 bits per heavy atom. The van der Waals surface area contributed by atoms with E-state index in [1.54, 1.807) is 56.0 Å². The minimum absolute atomic E-state index is 0.0179. The molecule has 4 aromatic rings.